The van der Waals surface area contributed by atoms with E-state index in [9.17, 15) is 9.90 Å². The predicted octanol–water partition coefficient (Wildman–Crippen LogP) is 1.14. The van der Waals surface area contributed by atoms with Crippen molar-refractivity contribution < 1.29 is 9.84 Å². The van der Waals surface area contributed by atoms with Crippen molar-refractivity contribution in [1.29, 1.82) is 0 Å². The smallest absolute Gasteiger partial charge is 0.256 e. The molecule has 1 aliphatic heterocycles. The second-order valence-corrected chi connectivity index (χ2v) is 4.66. The van der Waals surface area contributed by atoms with Crippen molar-refractivity contribution in [3.8, 4) is 0 Å². The number of aliphatic hydroxyl groups excluding tert-OH is 1. The molecule has 4 heteroatoms. The van der Waals surface area contributed by atoms with Crippen LogP contribution in [-0.2, 0) is 17.9 Å². The minimum absolute atomic E-state index is 0.0829. The van der Waals surface area contributed by atoms with Gasteiger partial charge in [-0.25, -0.2) is 0 Å². The molecule has 2 rings (SSSR count). The zero-order chi connectivity index (χ0) is 12.4. The number of pyridine rings is 1. The summed E-state index contributed by atoms with van der Waals surface area (Å²) in [5.41, 5.74) is 2.20. The molecule has 0 aliphatic carbocycles. The maximum atomic E-state index is 12.2. The highest BCUT2D eigenvalue weighted by Crippen LogP contribution is 2.15. The molecule has 4 nitrogen and oxygen atoms in total. The molecule has 0 aromatic carbocycles. The number of hydrogen-bond donors (Lipinski definition) is 1. The van der Waals surface area contributed by atoms with Crippen molar-refractivity contribution in [3.63, 3.8) is 0 Å². The molecule has 1 aliphatic rings. The minimum Gasteiger partial charge on any atom is -0.391 e. The number of aryl methyl sites for hydroxylation is 2. The van der Waals surface area contributed by atoms with Crippen LogP contribution < -0.4 is 5.56 Å². The summed E-state index contributed by atoms with van der Waals surface area (Å²) < 4.78 is 7.27. The van der Waals surface area contributed by atoms with E-state index in [4.69, 9.17) is 4.74 Å². The molecule has 0 bridgehead atoms. The van der Waals surface area contributed by atoms with Gasteiger partial charge in [0.25, 0.3) is 5.56 Å². The summed E-state index contributed by atoms with van der Waals surface area (Å²) in [4.78, 5) is 12.2. The molecular formula is C13H19NO3. The molecule has 0 saturated carbocycles. The van der Waals surface area contributed by atoms with Gasteiger partial charge >= 0.3 is 0 Å². The third-order valence-electron chi connectivity index (χ3n) is 3.40. The van der Waals surface area contributed by atoms with E-state index in [0.29, 0.717) is 12.1 Å². The second-order valence-electron chi connectivity index (χ2n) is 4.66. The van der Waals surface area contributed by atoms with Gasteiger partial charge in [0.15, 0.2) is 0 Å². The molecule has 1 atom stereocenters. The van der Waals surface area contributed by atoms with Gasteiger partial charge in [0.1, 0.15) is 0 Å². The quantitative estimate of drug-likeness (QED) is 0.857. The van der Waals surface area contributed by atoms with Crippen molar-refractivity contribution >= 4 is 0 Å². The van der Waals surface area contributed by atoms with Crippen molar-refractivity contribution in [2.24, 2.45) is 0 Å². The summed E-state index contributed by atoms with van der Waals surface area (Å²) in [6, 6.07) is 1.95. The first-order chi connectivity index (χ1) is 8.13. The van der Waals surface area contributed by atoms with E-state index in [1.807, 2.05) is 19.9 Å². The average molecular weight is 237 g/mol. The van der Waals surface area contributed by atoms with Gasteiger partial charge in [-0.1, -0.05) is 0 Å². The molecule has 0 amide bonds. The van der Waals surface area contributed by atoms with Crippen LogP contribution in [0.2, 0.25) is 0 Å². The first-order valence-electron chi connectivity index (χ1n) is 6.06. The Morgan fingerprint density at radius 2 is 2.29 bits per heavy atom. The van der Waals surface area contributed by atoms with Crippen molar-refractivity contribution in [1.82, 2.24) is 4.57 Å². The summed E-state index contributed by atoms with van der Waals surface area (Å²) in [6.07, 6.45) is 2.21. The van der Waals surface area contributed by atoms with Crippen molar-refractivity contribution in [2.45, 2.75) is 45.9 Å². The van der Waals surface area contributed by atoms with Gasteiger partial charge in [0.05, 0.1) is 19.3 Å². The van der Waals surface area contributed by atoms with Gasteiger partial charge in [-0.15, -0.1) is 0 Å². The molecule has 0 radical (unpaired) electrons. The lowest BCUT2D eigenvalue weighted by Crippen LogP contribution is -2.31. The molecule has 0 spiro atoms. The van der Waals surface area contributed by atoms with Crippen LogP contribution in [0.1, 0.15) is 29.7 Å². The highest BCUT2D eigenvalue weighted by molar-refractivity contribution is 5.25. The molecule has 17 heavy (non-hydrogen) atoms. The maximum absolute atomic E-state index is 12.2. The van der Waals surface area contributed by atoms with Crippen LogP contribution in [-0.4, -0.2) is 22.4 Å². The Kier molecular flexibility index (Phi) is 3.64. The zero-order valence-electron chi connectivity index (χ0n) is 10.4. The molecule has 1 aromatic rings. The van der Waals surface area contributed by atoms with Crippen molar-refractivity contribution in [2.75, 3.05) is 6.61 Å². The molecule has 1 fully saturated rings. The Hall–Kier alpha value is -1.13. The summed E-state index contributed by atoms with van der Waals surface area (Å²) >= 11 is 0. The fraction of sp³-hybridized carbons (Fsp3) is 0.615. The summed E-state index contributed by atoms with van der Waals surface area (Å²) in [6.45, 7) is 4.96. The lowest BCUT2D eigenvalue weighted by Gasteiger charge is -2.16. The number of aromatic nitrogens is 1. The van der Waals surface area contributed by atoms with Crippen LogP contribution >= 0.6 is 0 Å². The number of rotatable bonds is 3. The minimum atomic E-state index is -0.198. The predicted molar refractivity (Wildman–Crippen MR) is 65.1 cm³/mol. The maximum Gasteiger partial charge on any atom is 0.256 e. The van der Waals surface area contributed by atoms with Crippen LogP contribution in [0.25, 0.3) is 0 Å². The molecule has 94 valence electrons. The standard InChI is InChI=1S/C13H19NO3/c1-9-6-10(2)14(13(16)12(9)8-15)7-11-4-3-5-17-11/h6,11,15H,3-5,7-8H2,1-2H3. The highest BCUT2D eigenvalue weighted by Gasteiger charge is 2.18. The van der Waals surface area contributed by atoms with E-state index >= 15 is 0 Å². The number of ether oxygens (including phenoxy) is 1. The monoisotopic (exact) mass is 237 g/mol. The highest BCUT2D eigenvalue weighted by atomic mass is 16.5. The topological polar surface area (TPSA) is 51.5 Å². The van der Waals surface area contributed by atoms with Gasteiger partial charge in [-0.2, -0.15) is 0 Å². The third-order valence-corrected chi connectivity index (χ3v) is 3.40. The largest absolute Gasteiger partial charge is 0.391 e. The van der Waals surface area contributed by atoms with Crippen LogP contribution in [0.4, 0.5) is 0 Å². The fourth-order valence-electron chi connectivity index (χ4n) is 2.38. The summed E-state index contributed by atoms with van der Waals surface area (Å²) in [5.74, 6) is 0. The molecule has 1 saturated heterocycles. The zero-order valence-corrected chi connectivity index (χ0v) is 10.4. The number of nitrogens with zero attached hydrogens (tertiary/aromatic N) is 1. The van der Waals surface area contributed by atoms with Gasteiger partial charge < -0.3 is 14.4 Å². The Balaban J connectivity index is 2.35. The Morgan fingerprint density at radius 1 is 1.53 bits per heavy atom. The Bertz CT molecular complexity index is 458. The van der Waals surface area contributed by atoms with Gasteiger partial charge in [-0.3, -0.25) is 4.79 Å². The average Bonchev–Trinajstić information content (AvgIpc) is 2.77. The summed E-state index contributed by atoms with van der Waals surface area (Å²) in [7, 11) is 0. The second kappa shape index (κ2) is 5.02. The molecule has 1 aromatic heterocycles. The van der Waals surface area contributed by atoms with Crippen molar-refractivity contribution in [3.05, 3.63) is 33.2 Å². The Morgan fingerprint density at radius 3 is 2.88 bits per heavy atom. The van der Waals surface area contributed by atoms with Crippen LogP contribution in [0, 0.1) is 13.8 Å². The molecule has 1 unspecified atom stereocenters. The van der Waals surface area contributed by atoms with Gasteiger partial charge in [-0.05, 0) is 38.3 Å². The van der Waals surface area contributed by atoms with Gasteiger partial charge in [0, 0.05) is 17.9 Å². The lowest BCUT2D eigenvalue weighted by molar-refractivity contribution is 0.0954. The number of aliphatic hydroxyl groups is 1. The van der Waals surface area contributed by atoms with E-state index in [1.165, 1.54) is 0 Å². The van der Waals surface area contributed by atoms with Crippen LogP contribution in [0.15, 0.2) is 10.9 Å². The lowest BCUT2D eigenvalue weighted by atomic mass is 10.1. The summed E-state index contributed by atoms with van der Waals surface area (Å²) in [5, 5.41) is 9.23. The first-order valence-corrected chi connectivity index (χ1v) is 6.06. The normalized spacial score (nSPS) is 19.8. The van der Waals surface area contributed by atoms with E-state index in [1.54, 1.807) is 4.57 Å². The SMILES string of the molecule is Cc1cc(C)n(CC2CCCO2)c(=O)c1CO. The van der Waals surface area contributed by atoms with Gasteiger partial charge in [0.2, 0.25) is 0 Å². The van der Waals surface area contributed by atoms with E-state index in [0.717, 1.165) is 30.7 Å². The molecular weight excluding hydrogens is 218 g/mol. The van der Waals surface area contributed by atoms with Crippen LogP contribution in [0.3, 0.4) is 0 Å². The van der Waals surface area contributed by atoms with E-state index < -0.39 is 0 Å². The van der Waals surface area contributed by atoms with E-state index in [2.05, 4.69) is 0 Å². The van der Waals surface area contributed by atoms with Crippen LogP contribution in [0.5, 0.6) is 0 Å². The first kappa shape index (κ1) is 12.3. The number of hydrogen-bond acceptors (Lipinski definition) is 3. The van der Waals surface area contributed by atoms with E-state index in [-0.39, 0.29) is 18.3 Å². The molecule has 1 N–H and O–H groups in total. The third kappa shape index (κ3) is 2.42. The fourth-order valence-corrected chi connectivity index (χ4v) is 2.38. The molecule has 2 heterocycles. The Labute approximate surface area is 101 Å².